The van der Waals surface area contributed by atoms with Crippen molar-refractivity contribution in [3.63, 3.8) is 0 Å². The Balaban J connectivity index is 1.91. The van der Waals surface area contributed by atoms with Gasteiger partial charge in [-0.1, -0.05) is 17.3 Å². The quantitative estimate of drug-likeness (QED) is 0.660. The van der Waals surface area contributed by atoms with Gasteiger partial charge in [0.2, 0.25) is 0 Å². The molecule has 8 heteroatoms. The summed E-state index contributed by atoms with van der Waals surface area (Å²) in [4.78, 5) is 8.41. The van der Waals surface area contributed by atoms with Crippen LogP contribution < -0.4 is 11.1 Å². The molecule has 3 aromatic rings. The zero-order valence-electron chi connectivity index (χ0n) is 12.2. The van der Waals surface area contributed by atoms with Gasteiger partial charge in [-0.2, -0.15) is 4.68 Å². The number of anilines is 2. The SMILES string of the molecule is COCCCNc1ncnc(-n2nnc3ccccc32)c1N. The van der Waals surface area contributed by atoms with Crippen molar-refractivity contribution >= 4 is 22.5 Å². The molecule has 0 radical (unpaired) electrons. The van der Waals surface area contributed by atoms with E-state index >= 15 is 0 Å². The van der Waals surface area contributed by atoms with Crippen LogP contribution in [-0.2, 0) is 4.74 Å². The van der Waals surface area contributed by atoms with E-state index in [0.29, 0.717) is 30.5 Å². The molecule has 22 heavy (non-hydrogen) atoms. The molecule has 3 N–H and O–H groups in total. The fourth-order valence-corrected chi connectivity index (χ4v) is 2.14. The van der Waals surface area contributed by atoms with E-state index in [-0.39, 0.29) is 0 Å². The number of nitrogens with one attached hydrogen (secondary N) is 1. The number of hydrogen-bond donors (Lipinski definition) is 2. The molecule has 0 saturated heterocycles. The highest BCUT2D eigenvalue weighted by molar-refractivity contribution is 5.78. The van der Waals surface area contributed by atoms with Crippen molar-refractivity contribution in [2.45, 2.75) is 6.42 Å². The Morgan fingerprint density at radius 2 is 2.14 bits per heavy atom. The van der Waals surface area contributed by atoms with Crippen LogP contribution in [0.1, 0.15) is 6.42 Å². The van der Waals surface area contributed by atoms with Gasteiger partial charge < -0.3 is 15.8 Å². The van der Waals surface area contributed by atoms with E-state index in [1.807, 2.05) is 24.3 Å². The predicted octanol–water partition coefficient (Wildman–Crippen LogP) is 1.24. The first-order valence-corrected chi connectivity index (χ1v) is 6.95. The Morgan fingerprint density at radius 3 is 3.00 bits per heavy atom. The van der Waals surface area contributed by atoms with Gasteiger partial charge in [0.25, 0.3) is 0 Å². The largest absolute Gasteiger partial charge is 0.393 e. The van der Waals surface area contributed by atoms with Crippen molar-refractivity contribution in [3.8, 4) is 5.82 Å². The van der Waals surface area contributed by atoms with E-state index in [2.05, 4.69) is 25.6 Å². The number of methoxy groups -OCH3 is 1. The Morgan fingerprint density at radius 1 is 1.27 bits per heavy atom. The molecule has 2 aromatic heterocycles. The van der Waals surface area contributed by atoms with Gasteiger partial charge in [0.05, 0.1) is 5.52 Å². The van der Waals surface area contributed by atoms with Gasteiger partial charge >= 0.3 is 0 Å². The minimum Gasteiger partial charge on any atom is -0.393 e. The van der Waals surface area contributed by atoms with Crippen LogP contribution >= 0.6 is 0 Å². The maximum absolute atomic E-state index is 6.17. The van der Waals surface area contributed by atoms with E-state index < -0.39 is 0 Å². The zero-order chi connectivity index (χ0) is 15.4. The summed E-state index contributed by atoms with van der Waals surface area (Å²) in [6.07, 6.45) is 2.32. The molecule has 0 saturated carbocycles. The summed E-state index contributed by atoms with van der Waals surface area (Å²) in [5.41, 5.74) is 8.25. The van der Waals surface area contributed by atoms with Gasteiger partial charge in [-0.25, -0.2) is 9.97 Å². The fourth-order valence-electron chi connectivity index (χ4n) is 2.14. The molecule has 2 heterocycles. The van der Waals surface area contributed by atoms with Crippen LogP contribution in [0.4, 0.5) is 11.5 Å². The average molecular weight is 299 g/mol. The van der Waals surface area contributed by atoms with Crippen LogP contribution in [0.2, 0.25) is 0 Å². The molecule has 0 amide bonds. The molecule has 0 fully saturated rings. The van der Waals surface area contributed by atoms with E-state index in [9.17, 15) is 0 Å². The van der Waals surface area contributed by atoms with E-state index in [1.165, 1.54) is 6.33 Å². The second-order valence-electron chi connectivity index (χ2n) is 4.72. The van der Waals surface area contributed by atoms with Crippen molar-refractivity contribution < 1.29 is 4.74 Å². The highest BCUT2D eigenvalue weighted by atomic mass is 16.5. The highest BCUT2D eigenvalue weighted by Gasteiger charge is 2.13. The van der Waals surface area contributed by atoms with Crippen LogP contribution in [0.5, 0.6) is 0 Å². The smallest absolute Gasteiger partial charge is 0.184 e. The molecular weight excluding hydrogens is 282 g/mol. The number of nitrogens with two attached hydrogens (primary N) is 1. The van der Waals surface area contributed by atoms with E-state index in [0.717, 1.165) is 17.5 Å². The molecular formula is C14H17N7O. The van der Waals surface area contributed by atoms with E-state index in [4.69, 9.17) is 10.5 Å². The number of nitrogen functional groups attached to an aromatic ring is 1. The van der Waals surface area contributed by atoms with Crippen LogP contribution in [0, 0.1) is 0 Å². The third kappa shape index (κ3) is 2.68. The molecule has 8 nitrogen and oxygen atoms in total. The lowest BCUT2D eigenvalue weighted by Gasteiger charge is -2.10. The predicted molar refractivity (Wildman–Crippen MR) is 83.9 cm³/mol. The summed E-state index contributed by atoms with van der Waals surface area (Å²) in [5, 5.41) is 11.4. The Bertz CT molecular complexity index is 771. The van der Waals surface area contributed by atoms with Gasteiger partial charge in [-0.05, 0) is 18.6 Å². The Hall–Kier alpha value is -2.74. The Kier molecular flexibility index (Phi) is 4.10. The summed E-state index contributed by atoms with van der Waals surface area (Å²) in [6, 6.07) is 7.64. The second kappa shape index (κ2) is 6.35. The standard InChI is InChI=1S/C14H17N7O/c1-22-8-4-7-16-13-12(15)14(18-9-17-13)21-11-6-3-2-5-10(11)19-20-21/h2-3,5-6,9H,4,7-8,15H2,1H3,(H,16,17,18). The van der Waals surface area contributed by atoms with Crippen molar-refractivity contribution in [2.75, 3.05) is 31.3 Å². The van der Waals surface area contributed by atoms with Crippen LogP contribution in [0.15, 0.2) is 30.6 Å². The molecule has 0 aliphatic heterocycles. The number of fused-ring (bicyclic) bond motifs is 1. The molecule has 0 atom stereocenters. The highest BCUT2D eigenvalue weighted by Crippen LogP contribution is 2.23. The number of ether oxygens (including phenoxy) is 1. The topological polar surface area (TPSA) is 104 Å². The van der Waals surface area contributed by atoms with Crippen LogP contribution in [-0.4, -0.2) is 45.2 Å². The molecule has 0 spiro atoms. The number of benzene rings is 1. The monoisotopic (exact) mass is 299 g/mol. The summed E-state index contributed by atoms with van der Waals surface area (Å²) < 4.78 is 6.63. The first kappa shape index (κ1) is 14.2. The van der Waals surface area contributed by atoms with Gasteiger partial charge in [0.1, 0.15) is 17.5 Å². The molecule has 3 rings (SSSR count). The number of para-hydroxylation sites is 1. The first-order valence-electron chi connectivity index (χ1n) is 6.95. The summed E-state index contributed by atoms with van der Waals surface area (Å²) in [6.45, 7) is 1.39. The maximum atomic E-state index is 6.17. The Labute approximate surface area is 127 Å². The normalized spacial score (nSPS) is 11.0. The third-order valence-corrected chi connectivity index (χ3v) is 3.23. The van der Waals surface area contributed by atoms with Crippen molar-refractivity contribution in [2.24, 2.45) is 0 Å². The minimum absolute atomic E-state index is 0.440. The lowest BCUT2D eigenvalue weighted by Crippen LogP contribution is -2.12. The van der Waals surface area contributed by atoms with Crippen molar-refractivity contribution in [1.82, 2.24) is 25.0 Å². The molecule has 0 aliphatic carbocycles. The van der Waals surface area contributed by atoms with Gasteiger partial charge in [-0.3, -0.25) is 0 Å². The molecule has 0 bridgehead atoms. The number of aromatic nitrogens is 5. The second-order valence-corrected chi connectivity index (χ2v) is 4.72. The zero-order valence-corrected chi connectivity index (χ0v) is 12.2. The number of rotatable bonds is 6. The van der Waals surface area contributed by atoms with Crippen LogP contribution in [0.25, 0.3) is 16.9 Å². The lowest BCUT2D eigenvalue weighted by atomic mass is 10.3. The first-order chi connectivity index (χ1) is 10.8. The summed E-state index contributed by atoms with van der Waals surface area (Å²) >= 11 is 0. The van der Waals surface area contributed by atoms with Crippen LogP contribution in [0.3, 0.4) is 0 Å². The van der Waals surface area contributed by atoms with Crippen molar-refractivity contribution in [1.29, 1.82) is 0 Å². The number of nitrogens with zero attached hydrogens (tertiary/aromatic N) is 5. The summed E-state index contributed by atoms with van der Waals surface area (Å²) in [7, 11) is 1.67. The molecule has 0 aliphatic rings. The molecule has 0 unspecified atom stereocenters. The molecule has 1 aromatic carbocycles. The lowest BCUT2D eigenvalue weighted by molar-refractivity contribution is 0.198. The average Bonchev–Trinajstić information content (AvgIpc) is 2.97. The minimum atomic E-state index is 0.440. The van der Waals surface area contributed by atoms with Gasteiger partial charge in [0.15, 0.2) is 11.6 Å². The van der Waals surface area contributed by atoms with E-state index in [1.54, 1.807) is 11.8 Å². The van der Waals surface area contributed by atoms with Gasteiger partial charge in [-0.15, -0.1) is 5.10 Å². The van der Waals surface area contributed by atoms with Gasteiger partial charge in [0, 0.05) is 20.3 Å². The number of hydrogen-bond acceptors (Lipinski definition) is 7. The maximum Gasteiger partial charge on any atom is 0.184 e. The fraction of sp³-hybridized carbons (Fsp3) is 0.286. The third-order valence-electron chi connectivity index (χ3n) is 3.23. The summed E-state index contributed by atoms with van der Waals surface area (Å²) in [5.74, 6) is 1.10. The molecule has 114 valence electrons. The van der Waals surface area contributed by atoms with Crippen molar-refractivity contribution in [3.05, 3.63) is 30.6 Å².